The summed E-state index contributed by atoms with van der Waals surface area (Å²) in [4.78, 5) is 21.6. The summed E-state index contributed by atoms with van der Waals surface area (Å²) >= 11 is 1.36. The molecule has 0 N–H and O–H groups in total. The highest BCUT2D eigenvalue weighted by Crippen LogP contribution is 2.37. The van der Waals surface area contributed by atoms with Gasteiger partial charge in [0.05, 0.1) is 17.4 Å². The number of aryl methyl sites for hydroxylation is 1. The lowest BCUT2D eigenvalue weighted by molar-refractivity contribution is 0.0980. The fourth-order valence-electron chi connectivity index (χ4n) is 3.25. The Morgan fingerprint density at radius 2 is 1.84 bits per heavy atom. The van der Waals surface area contributed by atoms with Crippen molar-refractivity contribution < 1.29 is 18.3 Å². The van der Waals surface area contributed by atoms with Crippen LogP contribution in [0.2, 0.25) is 0 Å². The van der Waals surface area contributed by atoms with Crippen molar-refractivity contribution in [3.8, 4) is 5.75 Å². The molecule has 5 nitrogen and oxygen atoms in total. The van der Waals surface area contributed by atoms with Crippen LogP contribution in [0.4, 0.5) is 13.9 Å². The van der Waals surface area contributed by atoms with E-state index in [1.807, 2.05) is 32.9 Å². The number of anilines is 1. The van der Waals surface area contributed by atoms with Gasteiger partial charge in [0.2, 0.25) is 0 Å². The van der Waals surface area contributed by atoms with Crippen LogP contribution in [-0.2, 0) is 0 Å². The number of thiazole rings is 1. The Morgan fingerprint density at radius 3 is 2.45 bits per heavy atom. The molecule has 168 valence electrons. The Balaban J connectivity index is 0.00000341. The minimum absolute atomic E-state index is 0. The molecule has 1 heterocycles. The topological polar surface area (TPSA) is 45.7 Å². The van der Waals surface area contributed by atoms with E-state index in [0.717, 1.165) is 35.5 Å². The minimum atomic E-state index is -0.886. The zero-order valence-corrected chi connectivity index (χ0v) is 19.6. The highest BCUT2D eigenvalue weighted by atomic mass is 35.5. The van der Waals surface area contributed by atoms with Crippen LogP contribution in [0.15, 0.2) is 30.3 Å². The van der Waals surface area contributed by atoms with Crippen molar-refractivity contribution in [1.29, 1.82) is 0 Å². The lowest BCUT2D eigenvalue weighted by Gasteiger charge is -2.24. The van der Waals surface area contributed by atoms with Gasteiger partial charge in [-0.3, -0.25) is 9.69 Å². The van der Waals surface area contributed by atoms with Gasteiger partial charge in [-0.05, 0) is 43.8 Å². The number of fused-ring (bicyclic) bond motifs is 1. The van der Waals surface area contributed by atoms with E-state index in [-0.39, 0.29) is 18.0 Å². The number of methoxy groups -OCH3 is 1. The lowest BCUT2D eigenvalue weighted by atomic mass is 10.2. The standard InChI is InChI=1S/C22H25F2N3O2S.ClH/c1-5-26(6-2)11-12-27(21(28)16-9-8-15(23)13-17(16)24)22-25-19-18(29-4)10-7-14(3)20(19)30-22;/h7-10,13H,5-6,11-12H2,1-4H3;1H. The zero-order valence-electron chi connectivity index (χ0n) is 17.9. The minimum Gasteiger partial charge on any atom is -0.494 e. The number of nitrogens with zero attached hydrogens (tertiary/aromatic N) is 3. The van der Waals surface area contributed by atoms with Crippen LogP contribution < -0.4 is 9.64 Å². The first kappa shape index (κ1) is 25.0. The number of carbonyl (C=O) groups is 1. The molecular weight excluding hydrogens is 444 g/mol. The molecule has 0 spiro atoms. The number of halogens is 3. The number of benzene rings is 2. The predicted octanol–water partition coefficient (Wildman–Crippen LogP) is 5.30. The molecule has 0 atom stereocenters. The van der Waals surface area contributed by atoms with Gasteiger partial charge in [0, 0.05) is 19.2 Å². The van der Waals surface area contributed by atoms with E-state index >= 15 is 0 Å². The third-order valence-corrected chi connectivity index (χ3v) is 6.30. The van der Waals surface area contributed by atoms with Gasteiger partial charge in [0.1, 0.15) is 22.9 Å². The Kier molecular flexibility index (Phi) is 8.73. The summed E-state index contributed by atoms with van der Waals surface area (Å²) in [5, 5.41) is 0.457. The summed E-state index contributed by atoms with van der Waals surface area (Å²) < 4.78 is 34.0. The van der Waals surface area contributed by atoms with Crippen molar-refractivity contribution >= 4 is 45.0 Å². The molecule has 31 heavy (non-hydrogen) atoms. The van der Waals surface area contributed by atoms with Gasteiger partial charge in [-0.2, -0.15) is 0 Å². The molecule has 3 rings (SSSR count). The van der Waals surface area contributed by atoms with Crippen molar-refractivity contribution in [2.24, 2.45) is 0 Å². The molecule has 0 aliphatic heterocycles. The maximum atomic E-state index is 14.4. The van der Waals surface area contributed by atoms with Crippen LogP contribution in [0.25, 0.3) is 10.2 Å². The average molecular weight is 470 g/mol. The number of ether oxygens (including phenoxy) is 1. The Hall–Kier alpha value is -2.29. The monoisotopic (exact) mass is 469 g/mol. The highest BCUT2D eigenvalue weighted by Gasteiger charge is 2.25. The molecule has 2 aromatic carbocycles. The normalized spacial score (nSPS) is 10.9. The maximum Gasteiger partial charge on any atom is 0.263 e. The molecule has 0 aliphatic carbocycles. The Bertz CT molecular complexity index is 1060. The van der Waals surface area contributed by atoms with Crippen molar-refractivity contribution in [1.82, 2.24) is 9.88 Å². The molecule has 1 aromatic heterocycles. The van der Waals surface area contributed by atoms with Crippen LogP contribution in [-0.4, -0.2) is 49.1 Å². The molecule has 0 saturated carbocycles. The van der Waals surface area contributed by atoms with E-state index in [1.165, 1.54) is 22.3 Å². The average Bonchev–Trinajstić information content (AvgIpc) is 3.17. The summed E-state index contributed by atoms with van der Waals surface area (Å²) in [6, 6.07) is 6.76. The molecule has 0 aliphatic rings. The summed E-state index contributed by atoms with van der Waals surface area (Å²) in [6.07, 6.45) is 0. The smallest absolute Gasteiger partial charge is 0.263 e. The van der Waals surface area contributed by atoms with Gasteiger partial charge in [-0.1, -0.05) is 31.3 Å². The molecular formula is C22H26ClF2N3O2S. The molecule has 0 saturated heterocycles. The first-order chi connectivity index (χ1) is 14.4. The third-order valence-electron chi connectivity index (χ3n) is 5.08. The first-order valence-corrected chi connectivity index (χ1v) is 10.6. The first-order valence-electron chi connectivity index (χ1n) is 9.82. The van der Waals surface area contributed by atoms with Gasteiger partial charge in [-0.25, -0.2) is 13.8 Å². The van der Waals surface area contributed by atoms with Crippen LogP contribution >= 0.6 is 23.7 Å². The van der Waals surface area contributed by atoms with Gasteiger partial charge >= 0.3 is 0 Å². The summed E-state index contributed by atoms with van der Waals surface area (Å²) in [6.45, 7) is 8.65. The number of likely N-dealkylation sites (N-methyl/N-ethyl adjacent to an activating group) is 1. The SMILES string of the molecule is CCN(CC)CCN(C(=O)c1ccc(F)cc1F)c1nc2c(OC)ccc(C)c2s1.Cl. The van der Waals surface area contributed by atoms with Crippen LogP contribution in [0.1, 0.15) is 29.8 Å². The van der Waals surface area contributed by atoms with E-state index in [2.05, 4.69) is 9.88 Å². The molecule has 0 bridgehead atoms. The number of aromatic nitrogens is 1. The zero-order chi connectivity index (χ0) is 21.8. The van der Waals surface area contributed by atoms with Crippen LogP contribution in [0, 0.1) is 18.6 Å². The van der Waals surface area contributed by atoms with E-state index in [4.69, 9.17) is 4.74 Å². The number of hydrogen-bond acceptors (Lipinski definition) is 5. The molecule has 1 amide bonds. The Labute approximate surface area is 191 Å². The number of rotatable bonds is 8. The van der Waals surface area contributed by atoms with Crippen LogP contribution in [0.3, 0.4) is 0 Å². The quantitative estimate of drug-likeness (QED) is 0.449. The fourth-order valence-corrected chi connectivity index (χ4v) is 4.33. The van der Waals surface area contributed by atoms with Crippen molar-refractivity contribution in [3.05, 3.63) is 53.1 Å². The van der Waals surface area contributed by atoms with Gasteiger partial charge in [0.25, 0.3) is 5.91 Å². The lowest BCUT2D eigenvalue weighted by Crippen LogP contribution is -2.39. The summed E-state index contributed by atoms with van der Waals surface area (Å²) in [5.74, 6) is -1.54. The van der Waals surface area contributed by atoms with Crippen molar-refractivity contribution in [2.45, 2.75) is 20.8 Å². The molecule has 0 radical (unpaired) electrons. The summed E-state index contributed by atoms with van der Waals surface area (Å²) in [7, 11) is 1.57. The van der Waals surface area contributed by atoms with E-state index in [9.17, 15) is 13.6 Å². The summed E-state index contributed by atoms with van der Waals surface area (Å²) in [5.41, 5.74) is 1.50. The highest BCUT2D eigenvalue weighted by molar-refractivity contribution is 7.22. The fraction of sp³-hybridized carbons (Fsp3) is 0.364. The molecule has 9 heteroatoms. The maximum absolute atomic E-state index is 14.4. The van der Waals surface area contributed by atoms with Crippen molar-refractivity contribution in [2.75, 3.05) is 38.2 Å². The van der Waals surface area contributed by atoms with Crippen LogP contribution in [0.5, 0.6) is 5.75 Å². The number of amides is 1. The van der Waals surface area contributed by atoms with Gasteiger partial charge < -0.3 is 9.64 Å². The number of hydrogen-bond donors (Lipinski definition) is 0. The number of carbonyl (C=O) groups excluding carboxylic acids is 1. The van der Waals surface area contributed by atoms with E-state index in [0.29, 0.717) is 29.5 Å². The second-order valence-electron chi connectivity index (χ2n) is 6.87. The second kappa shape index (κ2) is 10.8. The van der Waals surface area contributed by atoms with E-state index in [1.54, 1.807) is 7.11 Å². The van der Waals surface area contributed by atoms with E-state index < -0.39 is 17.5 Å². The Morgan fingerprint density at radius 1 is 1.13 bits per heavy atom. The second-order valence-corrected chi connectivity index (χ2v) is 7.84. The molecule has 3 aromatic rings. The van der Waals surface area contributed by atoms with Crippen molar-refractivity contribution in [3.63, 3.8) is 0 Å². The third kappa shape index (κ3) is 5.31. The largest absolute Gasteiger partial charge is 0.494 e. The molecule has 0 fully saturated rings. The predicted molar refractivity (Wildman–Crippen MR) is 124 cm³/mol. The van der Waals surface area contributed by atoms with Gasteiger partial charge in [-0.15, -0.1) is 12.4 Å². The molecule has 0 unspecified atom stereocenters. The van der Waals surface area contributed by atoms with Gasteiger partial charge in [0.15, 0.2) is 5.13 Å².